The van der Waals surface area contributed by atoms with E-state index in [1.807, 2.05) is 6.92 Å². The molecule has 0 radical (unpaired) electrons. The molecule has 9 nitrogen and oxygen atoms in total. The topological polar surface area (TPSA) is 115 Å². The quantitative estimate of drug-likeness (QED) is 0.450. The highest BCUT2D eigenvalue weighted by Crippen LogP contribution is 2.22. The predicted molar refractivity (Wildman–Crippen MR) is 120 cm³/mol. The number of methoxy groups -OCH3 is 1. The normalized spacial score (nSPS) is 11.2. The van der Waals surface area contributed by atoms with Crippen molar-refractivity contribution in [2.24, 2.45) is 0 Å². The number of benzene rings is 2. The monoisotopic (exact) mass is 472 g/mol. The second kappa shape index (κ2) is 10.8. The summed E-state index contributed by atoms with van der Waals surface area (Å²) >= 11 is 0. The first kappa shape index (κ1) is 24.0. The SMILES string of the molecule is CCOc1ccc(S(=O)(=O)N(CC(=O)Nc2ccc(C(=O)OC)cc2)Cc2ccco2)cc1. The number of sulfonamides is 1. The Morgan fingerprint density at radius 1 is 1.03 bits per heavy atom. The fourth-order valence-corrected chi connectivity index (χ4v) is 4.36. The molecule has 10 heteroatoms. The van der Waals surface area contributed by atoms with Crippen molar-refractivity contribution in [3.8, 4) is 5.75 Å². The molecular formula is C23H24N2O7S. The van der Waals surface area contributed by atoms with E-state index in [2.05, 4.69) is 10.1 Å². The summed E-state index contributed by atoms with van der Waals surface area (Å²) in [5.41, 5.74) is 0.733. The number of rotatable bonds is 10. The maximum Gasteiger partial charge on any atom is 0.337 e. The van der Waals surface area contributed by atoms with Crippen LogP contribution in [0.2, 0.25) is 0 Å². The van der Waals surface area contributed by atoms with E-state index in [4.69, 9.17) is 9.15 Å². The van der Waals surface area contributed by atoms with Crippen LogP contribution in [0.4, 0.5) is 5.69 Å². The Labute approximate surface area is 192 Å². The van der Waals surface area contributed by atoms with Crippen molar-refractivity contribution in [1.29, 1.82) is 0 Å². The van der Waals surface area contributed by atoms with Crippen LogP contribution in [0.5, 0.6) is 5.75 Å². The molecule has 3 rings (SSSR count). The lowest BCUT2D eigenvalue weighted by Gasteiger charge is -2.21. The second-order valence-corrected chi connectivity index (χ2v) is 8.81. The molecule has 3 aromatic rings. The van der Waals surface area contributed by atoms with E-state index in [9.17, 15) is 18.0 Å². The van der Waals surface area contributed by atoms with Crippen molar-refractivity contribution in [3.63, 3.8) is 0 Å². The highest BCUT2D eigenvalue weighted by Gasteiger charge is 2.28. The van der Waals surface area contributed by atoms with Gasteiger partial charge in [-0.1, -0.05) is 0 Å². The zero-order valence-electron chi connectivity index (χ0n) is 18.2. The molecule has 33 heavy (non-hydrogen) atoms. The van der Waals surface area contributed by atoms with Crippen molar-refractivity contribution in [3.05, 3.63) is 78.3 Å². The third kappa shape index (κ3) is 6.21. The fourth-order valence-electron chi connectivity index (χ4n) is 2.99. The maximum atomic E-state index is 13.3. The van der Waals surface area contributed by atoms with Crippen LogP contribution in [0.25, 0.3) is 0 Å². The molecule has 0 saturated carbocycles. The molecule has 2 aromatic carbocycles. The zero-order valence-corrected chi connectivity index (χ0v) is 19.0. The van der Waals surface area contributed by atoms with Crippen molar-refractivity contribution in [1.82, 2.24) is 4.31 Å². The van der Waals surface area contributed by atoms with Crippen molar-refractivity contribution in [2.75, 3.05) is 25.6 Å². The van der Waals surface area contributed by atoms with E-state index >= 15 is 0 Å². The molecular weight excluding hydrogens is 448 g/mol. The molecule has 0 spiro atoms. The van der Waals surface area contributed by atoms with Crippen LogP contribution >= 0.6 is 0 Å². The largest absolute Gasteiger partial charge is 0.494 e. The van der Waals surface area contributed by atoms with Crippen molar-refractivity contribution in [2.45, 2.75) is 18.4 Å². The second-order valence-electron chi connectivity index (χ2n) is 6.87. The zero-order chi connectivity index (χ0) is 23.8. The number of hydrogen-bond acceptors (Lipinski definition) is 7. The predicted octanol–water partition coefficient (Wildman–Crippen LogP) is 3.29. The summed E-state index contributed by atoms with van der Waals surface area (Å²) in [4.78, 5) is 24.3. The number of furan rings is 1. The Kier molecular flexibility index (Phi) is 7.86. The lowest BCUT2D eigenvalue weighted by atomic mass is 10.2. The van der Waals surface area contributed by atoms with Gasteiger partial charge in [-0.2, -0.15) is 4.31 Å². The molecule has 0 saturated heterocycles. The molecule has 0 aliphatic carbocycles. The Morgan fingerprint density at radius 2 is 1.73 bits per heavy atom. The number of hydrogen-bond donors (Lipinski definition) is 1. The minimum Gasteiger partial charge on any atom is -0.494 e. The van der Waals surface area contributed by atoms with Gasteiger partial charge in [0.1, 0.15) is 11.5 Å². The average Bonchev–Trinajstić information content (AvgIpc) is 3.32. The van der Waals surface area contributed by atoms with Gasteiger partial charge >= 0.3 is 5.97 Å². The maximum absolute atomic E-state index is 13.3. The van der Waals surface area contributed by atoms with Gasteiger partial charge in [0.05, 0.1) is 43.5 Å². The minimum atomic E-state index is -4.02. The summed E-state index contributed by atoms with van der Waals surface area (Å²) in [5.74, 6) is -0.122. The van der Waals surface area contributed by atoms with Gasteiger partial charge in [-0.05, 0) is 67.6 Å². The number of amides is 1. The van der Waals surface area contributed by atoms with Gasteiger partial charge in [-0.15, -0.1) is 0 Å². The third-order valence-electron chi connectivity index (χ3n) is 4.59. The van der Waals surface area contributed by atoms with Crippen LogP contribution in [-0.4, -0.2) is 44.9 Å². The van der Waals surface area contributed by atoms with E-state index in [0.717, 1.165) is 4.31 Å². The number of anilines is 1. The van der Waals surface area contributed by atoms with Crippen LogP contribution in [0.3, 0.4) is 0 Å². The highest BCUT2D eigenvalue weighted by molar-refractivity contribution is 7.89. The van der Waals surface area contributed by atoms with Gasteiger partial charge in [0.15, 0.2) is 0 Å². The van der Waals surface area contributed by atoms with Gasteiger partial charge in [-0.3, -0.25) is 4.79 Å². The summed E-state index contributed by atoms with van der Waals surface area (Å²) in [6.45, 7) is 1.71. The summed E-state index contributed by atoms with van der Waals surface area (Å²) in [6, 6.07) is 15.3. The number of nitrogens with one attached hydrogen (secondary N) is 1. The van der Waals surface area contributed by atoms with Crippen LogP contribution in [0.1, 0.15) is 23.0 Å². The van der Waals surface area contributed by atoms with E-state index in [0.29, 0.717) is 29.4 Å². The summed E-state index contributed by atoms with van der Waals surface area (Å²) in [7, 11) is -2.75. The number of nitrogens with zero attached hydrogens (tertiary/aromatic N) is 1. The minimum absolute atomic E-state index is 0.0211. The van der Waals surface area contributed by atoms with Crippen molar-refractivity contribution < 1.29 is 31.9 Å². The van der Waals surface area contributed by atoms with Gasteiger partial charge in [-0.25, -0.2) is 13.2 Å². The molecule has 1 N–H and O–H groups in total. The summed E-state index contributed by atoms with van der Waals surface area (Å²) in [5, 5.41) is 2.64. The molecule has 1 heterocycles. The van der Waals surface area contributed by atoms with Crippen LogP contribution < -0.4 is 10.1 Å². The Bertz CT molecular complexity index is 1170. The van der Waals surface area contributed by atoms with E-state index in [1.165, 1.54) is 49.8 Å². The standard InChI is InChI=1S/C23H24N2O7S/c1-3-31-19-10-12-21(13-11-19)33(28,29)25(15-20-5-4-14-32-20)16-22(26)24-18-8-6-17(7-9-18)23(27)30-2/h4-14H,3,15-16H2,1-2H3,(H,24,26). The number of carbonyl (C=O) groups is 2. The number of carbonyl (C=O) groups excluding carboxylic acids is 2. The molecule has 174 valence electrons. The molecule has 1 aromatic heterocycles. The summed E-state index contributed by atoms with van der Waals surface area (Å²) in [6.07, 6.45) is 1.43. The molecule has 0 unspecified atom stereocenters. The van der Waals surface area contributed by atoms with Gasteiger partial charge in [0, 0.05) is 5.69 Å². The van der Waals surface area contributed by atoms with E-state index < -0.39 is 28.4 Å². The van der Waals surface area contributed by atoms with E-state index in [-0.39, 0.29) is 11.4 Å². The van der Waals surface area contributed by atoms with Gasteiger partial charge in [0.2, 0.25) is 15.9 Å². The lowest BCUT2D eigenvalue weighted by Crippen LogP contribution is -2.37. The molecule has 0 fully saturated rings. The van der Waals surface area contributed by atoms with E-state index in [1.54, 1.807) is 24.3 Å². The molecule has 0 aliphatic rings. The molecule has 1 amide bonds. The van der Waals surface area contributed by atoms with Crippen LogP contribution in [0, 0.1) is 0 Å². The average molecular weight is 473 g/mol. The van der Waals surface area contributed by atoms with Gasteiger partial charge in [0.25, 0.3) is 0 Å². The first-order valence-corrected chi connectivity index (χ1v) is 11.5. The Hall–Kier alpha value is -3.63. The molecule has 0 atom stereocenters. The fraction of sp³-hybridized carbons (Fsp3) is 0.217. The smallest absolute Gasteiger partial charge is 0.337 e. The van der Waals surface area contributed by atoms with Gasteiger partial charge < -0.3 is 19.2 Å². The molecule has 0 aliphatic heterocycles. The molecule has 0 bridgehead atoms. The third-order valence-corrected chi connectivity index (χ3v) is 6.40. The van der Waals surface area contributed by atoms with Crippen molar-refractivity contribution >= 4 is 27.6 Å². The van der Waals surface area contributed by atoms with Crippen LogP contribution in [0.15, 0.2) is 76.2 Å². The number of esters is 1. The first-order valence-electron chi connectivity index (χ1n) is 10.1. The summed E-state index contributed by atoms with van der Waals surface area (Å²) < 4.78 is 42.9. The Morgan fingerprint density at radius 3 is 2.30 bits per heavy atom. The first-order chi connectivity index (χ1) is 15.8. The highest BCUT2D eigenvalue weighted by atomic mass is 32.2. The number of ether oxygens (including phenoxy) is 2. The van der Waals surface area contributed by atoms with Crippen LogP contribution in [-0.2, 0) is 26.1 Å². The lowest BCUT2D eigenvalue weighted by molar-refractivity contribution is -0.116. The Balaban J connectivity index is 1.78.